The Morgan fingerprint density at radius 2 is 1.42 bits per heavy atom. The lowest BCUT2D eigenvalue weighted by molar-refractivity contribution is -0.157. The maximum atomic E-state index is 12.4. The Hall–Kier alpha value is -1.10. The van der Waals surface area contributed by atoms with Gasteiger partial charge in [0.2, 0.25) is 0 Å². The number of rotatable bonds is 17. The number of hydrogen-bond donors (Lipinski definition) is 6. The third-order valence-corrected chi connectivity index (χ3v) is 6.17. The molecule has 0 spiro atoms. The summed E-state index contributed by atoms with van der Waals surface area (Å²) in [5, 5.41) is 46.5. The fourth-order valence-electron chi connectivity index (χ4n) is 3.08. The third kappa shape index (κ3) is 11.7. The summed E-state index contributed by atoms with van der Waals surface area (Å²) in [5.74, 6) is -2.09. The van der Waals surface area contributed by atoms with Crippen molar-refractivity contribution < 1.29 is 34.8 Å². The number of aliphatic hydroxyl groups excluding tert-OH is 4. The van der Waals surface area contributed by atoms with Crippen LogP contribution in [0, 0.1) is 5.92 Å². The topological polar surface area (TPSA) is 148 Å². The summed E-state index contributed by atoms with van der Waals surface area (Å²) < 4.78 is 5.99. The van der Waals surface area contributed by atoms with Crippen LogP contribution >= 0.6 is 0 Å². The lowest BCUT2D eigenvalue weighted by Gasteiger charge is -2.32. The van der Waals surface area contributed by atoms with Crippen molar-refractivity contribution in [1.29, 1.82) is 0 Å². The molecule has 196 valence electrons. The Morgan fingerprint density at radius 3 is 1.94 bits per heavy atom. The molecule has 0 aromatic heterocycles. The molecule has 9 heteroatoms. The van der Waals surface area contributed by atoms with Gasteiger partial charge < -0.3 is 35.8 Å². The normalized spacial score (nSPS) is 18.2. The number of amides is 1. The number of carbonyl (C=O) groups excluding carboxylic acids is 2. The Kier molecular flexibility index (Phi) is 13.9. The SMILES string of the molecule is CCC(C)NCCC(C)(C)OCCC(C)(C)NC(=O)[C@@H](O)[C@H](O)[C@H](O)[C@@H](O)C(=O)C(C)CC. The van der Waals surface area contributed by atoms with Crippen LogP contribution in [-0.4, -0.2) is 86.9 Å². The highest BCUT2D eigenvalue weighted by atomic mass is 16.5. The molecule has 0 saturated heterocycles. The van der Waals surface area contributed by atoms with Crippen LogP contribution in [0.15, 0.2) is 0 Å². The minimum Gasteiger partial charge on any atom is -0.387 e. The molecule has 0 heterocycles. The third-order valence-electron chi connectivity index (χ3n) is 6.17. The van der Waals surface area contributed by atoms with Gasteiger partial charge in [0.25, 0.3) is 5.91 Å². The van der Waals surface area contributed by atoms with Crippen LogP contribution in [0.3, 0.4) is 0 Å². The zero-order valence-electron chi connectivity index (χ0n) is 21.7. The fourth-order valence-corrected chi connectivity index (χ4v) is 3.08. The minimum atomic E-state index is -2.02. The van der Waals surface area contributed by atoms with E-state index in [0.717, 1.165) is 19.4 Å². The highest BCUT2D eigenvalue weighted by Crippen LogP contribution is 2.18. The standard InChI is InChI=1S/C24H48N2O7/c1-9-15(3)17(27)18(28)19(29)20(30)21(31)22(32)26-23(5,6)12-14-33-24(7,8)11-13-25-16(4)10-2/h15-16,18-21,25,28-31H,9-14H2,1-8H3,(H,26,32)/t15?,16?,18-,19+,20+,21-/m0/s1. The molecule has 0 fully saturated rings. The maximum Gasteiger partial charge on any atom is 0.252 e. The first-order valence-electron chi connectivity index (χ1n) is 12.0. The molecule has 2 unspecified atom stereocenters. The molecule has 0 aliphatic heterocycles. The molecule has 0 aliphatic rings. The first-order valence-corrected chi connectivity index (χ1v) is 12.0. The van der Waals surface area contributed by atoms with Gasteiger partial charge in [-0.05, 0) is 66.8 Å². The lowest BCUT2D eigenvalue weighted by atomic mass is 9.92. The summed E-state index contributed by atoms with van der Waals surface area (Å²) in [6.45, 7) is 16.3. The fraction of sp³-hybridized carbons (Fsp3) is 0.917. The van der Waals surface area contributed by atoms with Crippen molar-refractivity contribution in [3.05, 3.63) is 0 Å². The largest absolute Gasteiger partial charge is 0.387 e. The van der Waals surface area contributed by atoms with Crippen molar-refractivity contribution in [2.45, 2.75) is 123 Å². The molecule has 0 radical (unpaired) electrons. The number of ketones is 1. The van der Waals surface area contributed by atoms with Gasteiger partial charge in [0.05, 0.1) is 5.60 Å². The number of ether oxygens (including phenoxy) is 1. The highest BCUT2D eigenvalue weighted by Gasteiger charge is 2.39. The number of aliphatic hydroxyl groups is 4. The molecular formula is C24H48N2O7. The average Bonchev–Trinajstić information content (AvgIpc) is 2.74. The Labute approximate surface area is 199 Å². The van der Waals surface area contributed by atoms with E-state index >= 15 is 0 Å². The van der Waals surface area contributed by atoms with Crippen molar-refractivity contribution >= 4 is 11.7 Å². The van der Waals surface area contributed by atoms with Crippen LogP contribution < -0.4 is 10.6 Å². The Balaban J connectivity index is 4.69. The molecule has 0 rings (SSSR count). The zero-order valence-corrected chi connectivity index (χ0v) is 21.7. The van der Waals surface area contributed by atoms with Gasteiger partial charge in [0.1, 0.15) is 18.3 Å². The van der Waals surface area contributed by atoms with Crippen molar-refractivity contribution in [2.24, 2.45) is 5.92 Å². The molecule has 0 aromatic carbocycles. The van der Waals surface area contributed by atoms with Gasteiger partial charge in [-0.2, -0.15) is 0 Å². The van der Waals surface area contributed by atoms with Crippen LogP contribution in [0.5, 0.6) is 0 Å². The predicted molar refractivity (Wildman–Crippen MR) is 128 cm³/mol. The summed E-state index contributed by atoms with van der Waals surface area (Å²) in [6, 6.07) is 0.449. The van der Waals surface area contributed by atoms with Gasteiger partial charge in [-0.3, -0.25) is 9.59 Å². The van der Waals surface area contributed by atoms with E-state index in [4.69, 9.17) is 4.74 Å². The number of Topliss-reactive ketones (excluding diaryl/α,β-unsaturated/α-hetero) is 1. The summed E-state index contributed by atoms with van der Waals surface area (Å²) in [7, 11) is 0. The Bertz CT molecular complexity index is 597. The highest BCUT2D eigenvalue weighted by molar-refractivity contribution is 5.86. The van der Waals surface area contributed by atoms with Crippen molar-refractivity contribution in [3.8, 4) is 0 Å². The van der Waals surface area contributed by atoms with E-state index in [1.165, 1.54) is 0 Å². The van der Waals surface area contributed by atoms with Gasteiger partial charge in [-0.15, -0.1) is 0 Å². The molecule has 0 saturated carbocycles. The first-order chi connectivity index (χ1) is 15.1. The summed E-state index contributed by atoms with van der Waals surface area (Å²) in [6.07, 6.45) is -5.13. The van der Waals surface area contributed by atoms with E-state index in [-0.39, 0.29) is 5.60 Å². The molecule has 9 nitrogen and oxygen atoms in total. The van der Waals surface area contributed by atoms with Crippen LogP contribution in [0.1, 0.15) is 81.1 Å². The monoisotopic (exact) mass is 476 g/mol. The molecule has 0 aromatic rings. The van der Waals surface area contributed by atoms with E-state index < -0.39 is 47.6 Å². The molecule has 0 bridgehead atoms. The molecule has 6 N–H and O–H groups in total. The van der Waals surface area contributed by atoms with Gasteiger partial charge >= 0.3 is 0 Å². The molecule has 0 aliphatic carbocycles. The average molecular weight is 477 g/mol. The van der Waals surface area contributed by atoms with E-state index in [9.17, 15) is 30.0 Å². The van der Waals surface area contributed by atoms with E-state index in [1.807, 2.05) is 13.8 Å². The number of hydrogen-bond acceptors (Lipinski definition) is 8. The predicted octanol–water partition coefficient (Wildman–Crippen LogP) is 0.904. The van der Waals surface area contributed by atoms with E-state index in [2.05, 4.69) is 24.5 Å². The van der Waals surface area contributed by atoms with Crippen molar-refractivity contribution in [1.82, 2.24) is 10.6 Å². The van der Waals surface area contributed by atoms with Gasteiger partial charge in [-0.1, -0.05) is 20.8 Å². The second-order valence-corrected chi connectivity index (χ2v) is 10.3. The molecule has 33 heavy (non-hydrogen) atoms. The van der Waals surface area contributed by atoms with Crippen LogP contribution in [-0.2, 0) is 14.3 Å². The first kappa shape index (κ1) is 31.9. The second kappa shape index (κ2) is 14.3. The summed E-state index contributed by atoms with van der Waals surface area (Å²) >= 11 is 0. The Morgan fingerprint density at radius 1 is 0.879 bits per heavy atom. The summed E-state index contributed by atoms with van der Waals surface area (Å²) in [4.78, 5) is 24.5. The number of nitrogens with one attached hydrogen (secondary N) is 2. The second-order valence-electron chi connectivity index (χ2n) is 10.3. The molecular weight excluding hydrogens is 428 g/mol. The van der Waals surface area contributed by atoms with Crippen LogP contribution in [0.25, 0.3) is 0 Å². The zero-order chi connectivity index (χ0) is 26.0. The van der Waals surface area contributed by atoms with Crippen LogP contribution in [0.4, 0.5) is 0 Å². The lowest BCUT2D eigenvalue weighted by Crippen LogP contribution is -2.56. The van der Waals surface area contributed by atoms with Gasteiger partial charge in [0.15, 0.2) is 11.9 Å². The van der Waals surface area contributed by atoms with Crippen LogP contribution in [0.2, 0.25) is 0 Å². The summed E-state index contributed by atoms with van der Waals surface area (Å²) in [5.41, 5.74) is -1.11. The van der Waals surface area contributed by atoms with E-state index in [0.29, 0.717) is 25.5 Å². The van der Waals surface area contributed by atoms with Gasteiger partial charge in [0, 0.05) is 24.1 Å². The smallest absolute Gasteiger partial charge is 0.252 e. The quantitative estimate of drug-likeness (QED) is 0.181. The van der Waals surface area contributed by atoms with Gasteiger partial charge in [-0.25, -0.2) is 0 Å². The molecule has 1 amide bonds. The minimum absolute atomic E-state index is 0.349. The number of carbonyl (C=O) groups is 2. The van der Waals surface area contributed by atoms with Crippen molar-refractivity contribution in [3.63, 3.8) is 0 Å². The van der Waals surface area contributed by atoms with Crippen molar-refractivity contribution in [2.75, 3.05) is 13.2 Å². The maximum absolute atomic E-state index is 12.4. The molecule has 6 atom stereocenters. The van der Waals surface area contributed by atoms with E-state index in [1.54, 1.807) is 27.7 Å².